The SMILES string of the molecule is Cc1cc(NCC(C)C)ccc1C(=O)N(C)C. The molecule has 0 heterocycles. The monoisotopic (exact) mass is 234 g/mol. The van der Waals surface area contributed by atoms with Crippen molar-refractivity contribution in [1.82, 2.24) is 4.90 Å². The number of carbonyl (C=O) groups is 1. The Kier molecular flexibility index (Phi) is 4.55. The first kappa shape index (κ1) is 13.6. The summed E-state index contributed by atoms with van der Waals surface area (Å²) < 4.78 is 0. The Hall–Kier alpha value is -1.51. The van der Waals surface area contributed by atoms with Gasteiger partial charge in [-0.2, -0.15) is 0 Å². The van der Waals surface area contributed by atoms with Crippen molar-refractivity contribution in [3.63, 3.8) is 0 Å². The predicted octanol–water partition coefficient (Wildman–Crippen LogP) is 2.76. The summed E-state index contributed by atoms with van der Waals surface area (Å²) in [6.45, 7) is 7.26. The molecule has 0 fully saturated rings. The average Bonchev–Trinajstić information content (AvgIpc) is 2.25. The molecule has 3 heteroatoms. The smallest absolute Gasteiger partial charge is 0.253 e. The summed E-state index contributed by atoms with van der Waals surface area (Å²) in [6.07, 6.45) is 0. The fourth-order valence-corrected chi connectivity index (χ4v) is 1.58. The molecule has 94 valence electrons. The number of hydrogen-bond acceptors (Lipinski definition) is 2. The first-order chi connectivity index (χ1) is 7.91. The van der Waals surface area contributed by atoms with Crippen LogP contribution < -0.4 is 5.32 Å². The molecule has 0 aromatic heterocycles. The molecule has 0 saturated heterocycles. The van der Waals surface area contributed by atoms with Gasteiger partial charge in [-0.25, -0.2) is 0 Å². The van der Waals surface area contributed by atoms with Crippen LogP contribution in [0.4, 0.5) is 5.69 Å². The molecule has 0 atom stereocenters. The maximum Gasteiger partial charge on any atom is 0.253 e. The van der Waals surface area contributed by atoms with E-state index in [-0.39, 0.29) is 5.91 Å². The van der Waals surface area contributed by atoms with Gasteiger partial charge in [0.15, 0.2) is 0 Å². The Labute approximate surface area is 104 Å². The number of carbonyl (C=O) groups excluding carboxylic acids is 1. The van der Waals surface area contributed by atoms with E-state index in [4.69, 9.17) is 0 Å². The van der Waals surface area contributed by atoms with Crippen LogP contribution in [-0.4, -0.2) is 31.4 Å². The number of aryl methyl sites for hydroxylation is 1. The number of rotatable bonds is 4. The van der Waals surface area contributed by atoms with Gasteiger partial charge >= 0.3 is 0 Å². The molecule has 17 heavy (non-hydrogen) atoms. The van der Waals surface area contributed by atoms with Crippen molar-refractivity contribution in [3.05, 3.63) is 29.3 Å². The fraction of sp³-hybridized carbons (Fsp3) is 0.500. The van der Waals surface area contributed by atoms with Gasteiger partial charge in [0, 0.05) is 31.9 Å². The highest BCUT2D eigenvalue weighted by Gasteiger charge is 2.11. The van der Waals surface area contributed by atoms with Gasteiger partial charge in [-0.1, -0.05) is 13.8 Å². The topological polar surface area (TPSA) is 32.3 Å². The summed E-state index contributed by atoms with van der Waals surface area (Å²) in [4.78, 5) is 13.4. The van der Waals surface area contributed by atoms with Crippen molar-refractivity contribution in [2.75, 3.05) is 26.0 Å². The Bertz CT molecular complexity index is 397. The van der Waals surface area contributed by atoms with Crippen LogP contribution in [0, 0.1) is 12.8 Å². The van der Waals surface area contributed by atoms with Gasteiger partial charge in [-0.05, 0) is 36.6 Å². The zero-order valence-corrected chi connectivity index (χ0v) is 11.4. The van der Waals surface area contributed by atoms with Crippen LogP contribution in [0.2, 0.25) is 0 Å². The van der Waals surface area contributed by atoms with E-state index in [9.17, 15) is 4.79 Å². The molecular formula is C14H22N2O. The quantitative estimate of drug-likeness (QED) is 0.868. The number of nitrogens with one attached hydrogen (secondary N) is 1. The third-order valence-electron chi connectivity index (χ3n) is 2.58. The van der Waals surface area contributed by atoms with Crippen molar-refractivity contribution >= 4 is 11.6 Å². The molecule has 1 amide bonds. The second-order valence-electron chi connectivity index (χ2n) is 5.00. The van der Waals surface area contributed by atoms with Crippen LogP contribution in [0.1, 0.15) is 29.8 Å². The number of anilines is 1. The zero-order chi connectivity index (χ0) is 13.0. The lowest BCUT2D eigenvalue weighted by Gasteiger charge is -2.14. The minimum absolute atomic E-state index is 0.0536. The van der Waals surface area contributed by atoms with E-state index < -0.39 is 0 Å². The van der Waals surface area contributed by atoms with E-state index in [0.717, 1.165) is 23.4 Å². The van der Waals surface area contributed by atoms with Crippen molar-refractivity contribution in [1.29, 1.82) is 0 Å². The van der Waals surface area contributed by atoms with Crippen molar-refractivity contribution < 1.29 is 4.79 Å². The Morgan fingerprint density at radius 2 is 2.00 bits per heavy atom. The van der Waals surface area contributed by atoms with E-state index in [2.05, 4.69) is 19.2 Å². The van der Waals surface area contributed by atoms with Gasteiger partial charge < -0.3 is 10.2 Å². The number of hydrogen-bond donors (Lipinski definition) is 1. The molecular weight excluding hydrogens is 212 g/mol. The lowest BCUT2D eigenvalue weighted by molar-refractivity contribution is 0.0827. The van der Waals surface area contributed by atoms with Gasteiger partial charge in [0.2, 0.25) is 0 Å². The van der Waals surface area contributed by atoms with E-state index in [1.165, 1.54) is 0 Å². The highest BCUT2D eigenvalue weighted by atomic mass is 16.2. The van der Waals surface area contributed by atoms with Crippen molar-refractivity contribution in [2.24, 2.45) is 5.92 Å². The minimum Gasteiger partial charge on any atom is -0.385 e. The molecule has 0 spiro atoms. The molecule has 0 aliphatic carbocycles. The molecule has 1 aromatic carbocycles. The standard InChI is InChI=1S/C14H22N2O/c1-10(2)9-15-12-6-7-13(11(3)8-12)14(17)16(4)5/h6-8,10,15H,9H2,1-5H3. The van der Waals surface area contributed by atoms with E-state index in [1.807, 2.05) is 25.1 Å². The largest absolute Gasteiger partial charge is 0.385 e. The maximum absolute atomic E-state index is 11.8. The van der Waals surface area contributed by atoms with Gasteiger partial charge in [0.05, 0.1) is 0 Å². The minimum atomic E-state index is 0.0536. The molecule has 3 nitrogen and oxygen atoms in total. The third kappa shape index (κ3) is 3.77. The summed E-state index contributed by atoms with van der Waals surface area (Å²) in [5.41, 5.74) is 2.86. The predicted molar refractivity (Wildman–Crippen MR) is 72.5 cm³/mol. The molecule has 0 radical (unpaired) electrons. The maximum atomic E-state index is 11.8. The summed E-state index contributed by atoms with van der Waals surface area (Å²) in [5.74, 6) is 0.663. The van der Waals surface area contributed by atoms with Gasteiger partial charge in [-0.3, -0.25) is 4.79 Å². The molecule has 0 aliphatic heterocycles. The summed E-state index contributed by atoms with van der Waals surface area (Å²) in [7, 11) is 3.54. The molecule has 0 aliphatic rings. The second kappa shape index (κ2) is 5.71. The summed E-state index contributed by atoms with van der Waals surface area (Å²) in [5, 5.41) is 3.36. The van der Waals surface area contributed by atoms with Crippen LogP contribution in [0.25, 0.3) is 0 Å². The molecule has 1 aromatic rings. The molecule has 0 unspecified atom stereocenters. The summed E-state index contributed by atoms with van der Waals surface area (Å²) in [6, 6.07) is 5.88. The fourth-order valence-electron chi connectivity index (χ4n) is 1.58. The van der Waals surface area contributed by atoms with Crippen LogP contribution in [0.15, 0.2) is 18.2 Å². The number of benzene rings is 1. The first-order valence-corrected chi connectivity index (χ1v) is 5.98. The highest BCUT2D eigenvalue weighted by Crippen LogP contribution is 2.16. The molecule has 1 rings (SSSR count). The molecule has 0 bridgehead atoms. The average molecular weight is 234 g/mol. The zero-order valence-electron chi connectivity index (χ0n) is 11.4. The van der Waals surface area contributed by atoms with Crippen molar-refractivity contribution in [2.45, 2.75) is 20.8 Å². The highest BCUT2D eigenvalue weighted by molar-refractivity contribution is 5.95. The lowest BCUT2D eigenvalue weighted by atomic mass is 10.1. The van der Waals surface area contributed by atoms with Gasteiger partial charge in [0.1, 0.15) is 0 Å². The van der Waals surface area contributed by atoms with Crippen LogP contribution in [-0.2, 0) is 0 Å². The second-order valence-corrected chi connectivity index (χ2v) is 5.00. The normalized spacial score (nSPS) is 10.5. The van der Waals surface area contributed by atoms with Gasteiger partial charge in [-0.15, -0.1) is 0 Å². The number of amides is 1. The first-order valence-electron chi connectivity index (χ1n) is 5.98. The van der Waals surface area contributed by atoms with E-state index >= 15 is 0 Å². The Morgan fingerprint density at radius 1 is 1.35 bits per heavy atom. The third-order valence-corrected chi connectivity index (χ3v) is 2.58. The van der Waals surface area contributed by atoms with E-state index in [0.29, 0.717) is 5.92 Å². The van der Waals surface area contributed by atoms with Gasteiger partial charge in [0.25, 0.3) is 5.91 Å². The Morgan fingerprint density at radius 3 is 2.47 bits per heavy atom. The number of nitrogens with zero attached hydrogens (tertiary/aromatic N) is 1. The lowest BCUT2D eigenvalue weighted by Crippen LogP contribution is -2.22. The summed E-state index contributed by atoms with van der Waals surface area (Å²) >= 11 is 0. The Balaban J connectivity index is 2.83. The van der Waals surface area contributed by atoms with Crippen LogP contribution in [0.5, 0.6) is 0 Å². The molecule has 0 saturated carbocycles. The van der Waals surface area contributed by atoms with Crippen LogP contribution in [0.3, 0.4) is 0 Å². The molecule has 1 N–H and O–H groups in total. The van der Waals surface area contributed by atoms with Crippen LogP contribution >= 0.6 is 0 Å². The van der Waals surface area contributed by atoms with E-state index in [1.54, 1.807) is 19.0 Å². The van der Waals surface area contributed by atoms with Crippen molar-refractivity contribution in [3.8, 4) is 0 Å².